The molecule has 214 valence electrons. The van der Waals surface area contributed by atoms with Gasteiger partial charge in [0.2, 0.25) is 0 Å². The molecule has 4 rings (SSSR count). The number of carbonyl (C=O) groups is 1. The van der Waals surface area contributed by atoms with Crippen molar-refractivity contribution in [3.8, 4) is 34.3 Å². The van der Waals surface area contributed by atoms with Gasteiger partial charge in [-0.25, -0.2) is 5.43 Å². The zero-order valence-electron chi connectivity index (χ0n) is 24.4. The molecule has 0 aliphatic carbocycles. The molecule has 0 aliphatic heterocycles. The quantitative estimate of drug-likeness (QED) is 0.145. The third-order valence-electron chi connectivity index (χ3n) is 6.40. The summed E-state index contributed by atoms with van der Waals surface area (Å²) in [7, 11) is 4.64. The van der Waals surface area contributed by atoms with Gasteiger partial charge in [0.25, 0.3) is 5.91 Å². The number of aromatic nitrogens is 3. The van der Waals surface area contributed by atoms with Crippen LogP contribution in [-0.4, -0.2) is 54.0 Å². The molecule has 0 atom stereocenters. The largest absolute Gasteiger partial charge is 0.496 e. The highest BCUT2D eigenvalue weighted by atomic mass is 32.2. The third kappa shape index (κ3) is 7.07. The molecule has 1 heterocycles. The number of aryl methyl sites for hydroxylation is 1. The molecule has 0 bridgehead atoms. The van der Waals surface area contributed by atoms with E-state index < -0.39 is 0 Å². The van der Waals surface area contributed by atoms with Crippen molar-refractivity contribution in [3.05, 3.63) is 77.4 Å². The number of hydrogen-bond donors (Lipinski definition) is 1. The van der Waals surface area contributed by atoms with Crippen LogP contribution in [0.4, 0.5) is 0 Å². The van der Waals surface area contributed by atoms with Crippen molar-refractivity contribution in [2.75, 3.05) is 27.1 Å². The molecular weight excluding hydrogens is 538 g/mol. The average molecular weight is 574 g/mol. The van der Waals surface area contributed by atoms with Gasteiger partial charge in [0.05, 0.1) is 38.9 Å². The molecule has 0 spiro atoms. The maximum atomic E-state index is 12.7. The van der Waals surface area contributed by atoms with Gasteiger partial charge in [-0.15, -0.1) is 10.2 Å². The molecule has 10 heteroatoms. The molecule has 1 aromatic heterocycles. The molecule has 0 aliphatic rings. The first-order valence-electron chi connectivity index (χ1n) is 13.0. The van der Waals surface area contributed by atoms with E-state index in [1.54, 1.807) is 19.2 Å². The monoisotopic (exact) mass is 573 g/mol. The first-order chi connectivity index (χ1) is 19.6. The van der Waals surface area contributed by atoms with Gasteiger partial charge < -0.3 is 14.2 Å². The molecule has 0 saturated heterocycles. The van der Waals surface area contributed by atoms with Gasteiger partial charge in [-0.2, -0.15) is 5.10 Å². The minimum absolute atomic E-state index is 0.0453. The fourth-order valence-corrected chi connectivity index (χ4v) is 4.83. The summed E-state index contributed by atoms with van der Waals surface area (Å²) in [6, 6.07) is 19.9. The number of nitrogens with one attached hydrogen (secondary N) is 1. The number of rotatable bonds is 10. The molecule has 1 N–H and O–H groups in total. The second-order valence-corrected chi connectivity index (χ2v) is 11.3. The SMILES string of the molecule is COc1cc(OC)c(/C=N/NC(=O)CSc2nnc(-c3ccc(C(C)(C)C)cc3)n2-c2ccc(C)cc2)c(OC)c1. The first kappa shape index (κ1) is 29.7. The van der Waals surface area contributed by atoms with Crippen LogP contribution in [0.3, 0.4) is 0 Å². The summed E-state index contributed by atoms with van der Waals surface area (Å²) in [5.41, 5.74) is 7.42. The second-order valence-electron chi connectivity index (χ2n) is 10.3. The molecule has 41 heavy (non-hydrogen) atoms. The van der Waals surface area contributed by atoms with Crippen molar-refractivity contribution in [2.24, 2.45) is 5.10 Å². The number of hydrogen-bond acceptors (Lipinski definition) is 8. The fourth-order valence-electron chi connectivity index (χ4n) is 4.09. The lowest BCUT2D eigenvalue weighted by molar-refractivity contribution is -0.118. The Morgan fingerprint density at radius 1 is 0.951 bits per heavy atom. The van der Waals surface area contributed by atoms with Crippen molar-refractivity contribution < 1.29 is 19.0 Å². The van der Waals surface area contributed by atoms with E-state index in [0.29, 0.717) is 33.8 Å². The Hall–Kier alpha value is -4.31. The van der Waals surface area contributed by atoms with E-state index in [2.05, 4.69) is 65.8 Å². The number of hydrazone groups is 1. The fraction of sp³-hybridized carbons (Fsp3) is 0.290. The predicted molar refractivity (Wildman–Crippen MR) is 163 cm³/mol. The van der Waals surface area contributed by atoms with Gasteiger partial charge in [0, 0.05) is 23.4 Å². The summed E-state index contributed by atoms with van der Waals surface area (Å²) in [6.07, 6.45) is 1.48. The average Bonchev–Trinajstić information content (AvgIpc) is 3.39. The number of carbonyl (C=O) groups excluding carboxylic acids is 1. The smallest absolute Gasteiger partial charge is 0.250 e. The zero-order chi connectivity index (χ0) is 29.6. The van der Waals surface area contributed by atoms with Crippen LogP contribution in [0.1, 0.15) is 37.5 Å². The molecule has 0 radical (unpaired) electrons. The minimum Gasteiger partial charge on any atom is -0.496 e. The molecule has 1 amide bonds. The van der Waals surface area contributed by atoms with Gasteiger partial charge in [0.1, 0.15) is 17.2 Å². The standard InChI is InChI=1S/C31H35N5O4S/c1-20-8-14-23(15-9-20)36-29(21-10-12-22(13-11-21)31(2,3)4)34-35-30(36)41-19-28(37)33-32-18-25-26(39-6)16-24(38-5)17-27(25)40-7/h8-18H,19H2,1-7H3,(H,33,37)/b32-18+. The van der Waals surface area contributed by atoms with Crippen molar-refractivity contribution >= 4 is 23.9 Å². The van der Waals surface area contributed by atoms with Crippen LogP contribution in [0.5, 0.6) is 17.2 Å². The van der Waals surface area contributed by atoms with Crippen molar-refractivity contribution in [3.63, 3.8) is 0 Å². The highest BCUT2D eigenvalue weighted by Gasteiger charge is 2.19. The number of amides is 1. The van der Waals surface area contributed by atoms with Crippen LogP contribution in [-0.2, 0) is 10.2 Å². The summed E-state index contributed by atoms with van der Waals surface area (Å²) < 4.78 is 18.1. The zero-order valence-corrected chi connectivity index (χ0v) is 25.2. The Kier molecular flexibility index (Phi) is 9.34. The lowest BCUT2D eigenvalue weighted by atomic mass is 9.87. The maximum absolute atomic E-state index is 12.7. The molecular formula is C31H35N5O4S. The summed E-state index contributed by atoms with van der Waals surface area (Å²) >= 11 is 1.28. The Morgan fingerprint density at radius 3 is 2.15 bits per heavy atom. The summed E-state index contributed by atoms with van der Waals surface area (Å²) in [5, 5.41) is 13.7. The highest BCUT2D eigenvalue weighted by Crippen LogP contribution is 2.33. The van der Waals surface area contributed by atoms with Crippen molar-refractivity contribution in [1.29, 1.82) is 0 Å². The molecule has 4 aromatic rings. The van der Waals surface area contributed by atoms with E-state index in [1.165, 1.54) is 37.8 Å². The third-order valence-corrected chi connectivity index (χ3v) is 7.33. The van der Waals surface area contributed by atoms with Gasteiger partial charge in [0.15, 0.2) is 11.0 Å². The van der Waals surface area contributed by atoms with Gasteiger partial charge in [-0.3, -0.25) is 9.36 Å². The van der Waals surface area contributed by atoms with Crippen molar-refractivity contribution in [2.45, 2.75) is 38.3 Å². The predicted octanol–water partition coefficient (Wildman–Crippen LogP) is 5.81. The normalized spacial score (nSPS) is 11.5. The number of methoxy groups -OCH3 is 3. The van der Waals surface area contributed by atoms with Gasteiger partial charge in [-0.1, -0.05) is 74.5 Å². The Labute approximate surface area is 244 Å². The lowest BCUT2D eigenvalue weighted by Crippen LogP contribution is -2.20. The van der Waals surface area contributed by atoms with E-state index in [0.717, 1.165) is 16.8 Å². The molecule has 0 unspecified atom stereocenters. The Morgan fingerprint density at radius 2 is 1.59 bits per heavy atom. The van der Waals surface area contributed by atoms with Crippen LogP contribution >= 0.6 is 11.8 Å². The first-order valence-corrected chi connectivity index (χ1v) is 14.0. The summed E-state index contributed by atoms with van der Waals surface area (Å²) in [4.78, 5) is 12.7. The number of ether oxygens (including phenoxy) is 3. The van der Waals surface area contributed by atoms with Crippen LogP contribution < -0.4 is 19.6 Å². The topological polar surface area (TPSA) is 99.9 Å². The van der Waals surface area contributed by atoms with E-state index in [4.69, 9.17) is 14.2 Å². The second kappa shape index (κ2) is 12.9. The van der Waals surface area contributed by atoms with E-state index in [-0.39, 0.29) is 17.1 Å². The summed E-state index contributed by atoms with van der Waals surface area (Å²) in [5.74, 6) is 2.08. The summed E-state index contributed by atoms with van der Waals surface area (Å²) in [6.45, 7) is 8.60. The van der Waals surface area contributed by atoms with Gasteiger partial charge in [-0.05, 0) is 30.0 Å². The highest BCUT2D eigenvalue weighted by molar-refractivity contribution is 7.99. The number of nitrogens with zero attached hydrogens (tertiary/aromatic N) is 4. The van der Waals surface area contributed by atoms with Crippen LogP contribution in [0, 0.1) is 6.92 Å². The van der Waals surface area contributed by atoms with E-state index >= 15 is 0 Å². The maximum Gasteiger partial charge on any atom is 0.250 e. The van der Waals surface area contributed by atoms with Gasteiger partial charge >= 0.3 is 0 Å². The van der Waals surface area contributed by atoms with Crippen LogP contribution in [0.15, 0.2) is 70.9 Å². The lowest BCUT2D eigenvalue weighted by Gasteiger charge is -2.19. The number of thioether (sulfide) groups is 1. The molecule has 3 aromatic carbocycles. The van der Waals surface area contributed by atoms with Crippen molar-refractivity contribution in [1.82, 2.24) is 20.2 Å². The van der Waals surface area contributed by atoms with Crippen LogP contribution in [0.25, 0.3) is 17.1 Å². The molecule has 0 saturated carbocycles. The molecule has 0 fully saturated rings. The molecule has 9 nitrogen and oxygen atoms in total. The Bertz CT molecular complexity index is 1500. The van der Waals surface area contributed by atoms with E-state index in [9.17, 15) is 4.79 Å². The van der Waals surface area contributed by atoms with E-state index in [1.807, 2.05) is 35.8 Å². The van der Waals surface area contributed by atoms with Crippen LogP contribution in [0.2, 0.25) is 0 Å². The minimum atomic E-state index is -0.299. The number of benzene rings is 3. The Balaban J connectivity index is 1.53.